The van der Waals surface area contributed by atoms with Gasteiger partial charge in [0.2, 0.25) is 0 Å². The van der Waals surface area contributed by atoms with Crippen molar-refractivity contribution < 1.29 is 14.3 Å². The fourth-order valence-electron chi connectivity index (χ4n) is 4.08. The summed E-state index contributed by atoms with van der Waals surface area (Å²) in [5, 5.41) is 0. The Balaban J connectivity index is 1.57. The van der Waals surface area contributed by atoms with Crippen LogP contribution in [0.1, 0.15) is 39.1 Å². The van der Waals surface area contributed by atoms with Crippen LogP contribution in [0.2, 0.25) is 0 Å². The molecule has 0 radical (unpaired) electrons. The van der Waals surface area contributed by atoms with Crippen molar-refractivity contribution >= 4 is 22.0 Å². The maximum absolute atomic E-state index is 13.0. The van der Waals surface area contributed by atoms with Crippen LogP contribution in [0.3, 0.4) is 0 Å². The van der Waals surface area contributed by atoms with Crippen LogP contribution in [0.5, 0.6) is 0 Å². The third-order valence-electron chi connectivity index (χ3n) is 5.52. The summed E-state index contributed by atoms with van der Waals surface area (Å²) in [4.78, 5) is 25.4. The van der Waals surface area contributed by atoms with Gasteiger partial charge in [0, 0.05) is 41.9 Å². The molecule has 1 N–H and O–H groups in total. The van der Waals surface area contributed by atoms with Crippen LogP contribution in [0.15, 0.2) is 34.9 Å². The molecule has 2 saturated heterocycles. The van der Waals surface area contributed by atoms with Gasteiger partial charge in [0.25, 0.3) is 0 Å². The standard InChI is InChI=1S/C22H29BrN4O3/c1-22(2,3)30-21(28)27-14-17(26-8-10-29-11-9-26)12-19(27)20-24-13-18(25-20)15-4-6-16(23)7-5-15/h4-7,13,17,19H,8-12,14H2,1-3H3,(H,24,25)/t17-,19-/m0/s1. The Bertz CT molecular complexity index is 871. The Kier molecular flexibility index (Phi) is 6.18. The number of halogens is 1. The average molecular weight is 477 g/mol. The number of morpholine rings is 1. The second kappa shape index (κ2) is 8.69. The number of carbonyl (C=O) groups is 1. The molecule has 2 fully saturated rings. The van der Waals surface area contributed by atoms with Crippen LogP contribution in [-0.4, -0.2) is 70.4 Å². The number of nitrogens with zero attached hydrogens (tertiary/aromatic N) is 3. The van der Waals surface area contributed by atoms with E-state index in [-0.39, 0.29) is 18.2 Å². The summed E-state index contributed by atoms with van der Waals surface area (Å²) in [7, 11) is 0. The zero-order valence-corrected chi connectivity index (χ0v) is 19.3. The van der Waals surface area contributed by atoms with Crippen LogP contribution < -0.4 is 0 Å². The summed E-state index contributed by atoms with van der Waals surface area (Å²) in [6.07, 6.45) is 2.45. The molecule has 0 aliphatic carbocycles. The Hall–Kier alpha value is -1.90. The van der Waals surface area contributed by atoms with Gasteiger partial charge in [-0.1, -0.05) is 28.1 Å². The summed E-state index contributed by atoms with van der Waals surface area (Å²) in [6.45, 7) is 9.58. The molecule has 30 heavy (non-hydrogen) atoms. The van der Waals surface area contributed by atoms with E-state index in [1.54, 1.807) is 0 Å². The van der Waals surface area contributed by atoms with E-state index < -0.39 is 5.60 Å². The highest BCUT2D eigenvalue weighted by Crippen LogP contribution is 2.35. The predicted molar refractivity (Wildman–Crippen MR) is 118 cm³/mol. The minimum Gasteiger partial charge on any atom is -0.444 e. The molecule has 1 amide bonds. The van der Waals surface area contributed by atoms with E-state index in [9.17, 15) is 4.79 Å². The quantitative estimate of drug-likeness (QED) is 0.717. The summed E-state index contributed by atoms with van der Waals surface area (Å²) in [5.74, 6) is 0.800. The number of likely N-dealkylation sites (tertiary alicyclic amines) is 1. The lowest BCUT2D eigenvalue weighted by atomic mass is 10.1. The molecule has 0 saturated carbocycles. The van der Waals surface area contributed by atoms with Crippen LogP contribution in [0.4, 0.5) is 4.79 Å². The number of amides is 1. The second-order valence-electron chi connectivity index (χ2n) is 8.86. The lowest BCUT2D eigenvalue weighted by Gasteiger charge is -2.32. The largest absolute Gasteiger partial charge is 0.444 e. The maximum atomic E-state index is 13.0. The number of hydrogen-bond acceptors (Lipinski definition) is 5. The van der Waals surface area contributed by atoms with Gasteiger partial charge in [-0.3, -0.25) is 9.80 Å². The van der Waals surface area contributed by atoms with E-state index in [1.165, 1.54) is 0 Å². The van der Waals surface area contributed by atoms with Gasteiger partial charge in [0.05, 0.1) is 24.9 Å². The normalized spacial score (nSPS) is 23.0. The van der Waals surface area contributed by atoms with Crippen molar-refractivity contribution in [1.29, 1.82) is 0 Å². The molecule has 162 valence electrons. The van der Waals surface area contributed by atoms with Gasteiger partial charge < -0.3 is 14.5 Å². The lowest BCUT2D eigenvalue weighted by molar-refractivity contribution is 0.0116. The van der Waals surface area contributed by atoms with Crippen molar-refractivity contribution in [1.82, 2.24) is 19.8 Å². The van der Waals surface area contributed by atoms with Gasteiger partial charge in [0.15, 0.2) is 0 Å². The molecule has 2 atom stereocenters. The number of imidazole rings is 1. The SMILES string of the molecule is CC(C)(C)OC(=O)N1C[C@@H](N2CCOCC2)C[C@H]1c1nc(-c2ccc(Br)cc2)c[nH]1. The van der Waals surface area contributed by atoms with Crippen molar-refractivity contribution in [2.45, 2.75) is 44.9 Å². The van der Waals surface area contributed by atoms with Gasteiger partial charge in [-0.05, 0) is 39.3 Å². The van der Waals surface area contributed by atoms with Crippen molar-refractivity contribution in [2.75, 3.05) is 32.8 Å². The van der Waals surface area contributed by atoms with Crippen molar-refractivity contribution in [3.8, 4) is 11.3 Å². The minimum absolute atomic E-state index is 0.142. The van der Waals surface area contributed by atoms with Crippen molar-refractivity contribution in [3.05, 3.63) is 40.8 Å². The Morgan fingerprint density at radius 2 is 1.93 bits per heavy atom. The summed E-state index contributed by atoms with van der Waals surface area (Å²) in [5.41, 5.74) is 1.37. The first-order valence-electron chi connectivity index (χ1n) is 10.4. The van der Waals surface area contributed by atoms with Crippen molar-refractivity contribution in [3.63, 3.8) is 0 Å². The first kappa shape index (κ1) is 21.3. The van der Waals surface area contributed by atoms with E-state index in [2.05, 4.69) is 25.8 Å². The third kappa shape index (κ3) is 4.87. The maximum Gasteiger partial charge on any atom is 0.410 e. The molecule has 1 aromatic carbocycles. The molecule has 2 aromatic rings. The molecular weight excluding hydrogens is 448 g/mol. The first-order chi connectivity index (χ1) is 14.3. The highest BCUT2D eigenvalue weighted by atomic mass is 79.9. The fraction of sp³-hybridized carbons (Fsp3) is 0.545. The van der Waals surface area contributed by atoms with Gasteiger partial charge >= 0.3 is 6.09 Å². The number of ether oxygens (including phenoxy) is 2. The monoisotopic (exact) mass is 476 g/mol. The van der Waals surface area contributed by atoms with Gasteiger partial charge in [0.1, 0.15) is 11.4 Å². The van der Waals surface area contributed by atoms with Crippen molar-refractivity contribution in [2.24, 2.45) is 0 Å². The molecule has 2 aliphatic heterocycles. The Labute approximate surface area is 185 Å². The number of carbonyl (C=O) groups excluding carboxylic acids is 1. The Morgan fingerprint density at radius 1 is 1.23 bits per heavy atom. The average Bonchev–Trinajstić information content (AvgIpc) is 3.35. The van der Waals surface area contributed by atoms with Gasteiger partial charge in [-0.25, -0.2) is 9.78 Å². The highest BCUT2D eigenvalue weighted by Gasteiger charge is 2.42. The second-order valence-corrected chi connectivity index (χ2v) is 9.78. The smallest absolute Gasteiger partial charge is 0.410 e. The zero-order chi connectivity index (χ0) is 21.3. The van der Waals surface area contributed by atoms with Gasteiger partial charge in [-0.15, -0.1) is 0 Å². The number of rotatable bonds is 3. The Morgan fingerprint density at radius 3 is 2.60 bits per heavy atom. The van der Waals surface area contributed by atoms with Crippen LogP contribution >= 0.6 is 15.9 Å². The number of H-pyrrole nitrogens is 1. The first-order valence-corrected chi connectivity index (χ1v) is 11.2. The van der Waals surface area contributed by atoms with E-state index in [0.29, 0.717) is 6.54 Å². The molecule has 8 heteroatoms. The van der Waals surface area contributed by atoms with E-state index in [1.807, 2.05) is 56.1 Å². The highest BCUT2D eigenvalue weighted by molar-refractivity contribution is 9.10. The van der Waals surface area contributed by atoms with E-state index >= 15 is 0 Å². The van der Waals surface area contributed by atoms with Gasteiger partial charge in [-0.2, -0.15) is 0 Å². The van der Waals surface area contributed by atoms with Crippen LogP contribution in [0.25, 0.3) is 11.3 Å². The number of nitrogens with one attached hydrogen (secondary N) is 1. The number of benzene rings is 1. The zero-order valence-electron chi connectivity index (χ0n) is 17.7. The van der Waals surface area contributed by atoms with Crippen LogP contribution in [0, 0.1) is 0 Å². The molecule has 0 spiro atoms. The predicted octanol–water partition coefficient (Wildman–Crippen LogP) is 4.22. The topological polar surface area (TPSA) is 70.7 Å². The molecule has 0 unspecified atom stereocenters. The molecule has 1 aromatic heterocycles. The molecule has 2 aliphatic rings. The number of aromatic amines is 1. The molecular formula is C22H29BrN4O3. The minimum atomic E-state index is -0.537. The molecule has 7 nitrogen and oxygen atoms in total. The molecule has 3 heterocycles. The molecule has 0 bridgehead atoms. The number of aromatic nitrogens is 2. The van der Waals surface area contributed by atoms with E-state index in [0.717, 1.165) is 54.3 Å². The summed E-state index contributed by atoms with van der Waals surface area (Å²) >= 11 is 3.47. The molecule has 4 rings (SSSR count). The van der Waals surface area contributed by atoms with Crippen LogP contribution in [-0.2, 0) is 9.47 Å². The lowest BCUT2D eigenvalue weighted by Crippen LogP contribution is -2.45. The fourth-order valence-corrected chi connectivity index (χ4v) is 4.34. The third-order valence-corrected chi connectivity index (χ3v) is 6.05. The van der Waals surface area contributed by atoms with E-state index in [4.69, 9.17) is 14.5 Å². The summed E-state index contributed by atoms with van der Waals surface area (Å²) < 4.78 is 12.2. The summed E-state index contributed by atoms with van der Waals surface area (Å²) in [6, 6.07) is 8.19. The number of hydrogen-bond donors (Lipinski definition) is 1.